The summed E-state index contributed by atoms with van der Waals surface area (Å²) in [5, 5.41) is 13.1. The Kier molecular flexibility index (Phi) is 3.29. The maximum Gasteiger partial charge on any atom is 0.165 e. The zero-order chi connectivity index (χ0) is 11.5. The lowest BCUT2D eigenvalue weighted by Gasteiger charge is -2.24. The van der Waals surface area contributed by atoms with E-state index in [9.17, 15) is 9.50 Å². The number of methoxy groups -OCH3 is 1. The van der Waals surface area contributed by atoms with Crippen molar-refractivity contribution >= 4 is 0 Å². The largest absolute Gasteiger partial charge is 0.508 e. The Labute approximate surface area is 94.2 Å². The van der Waals surface area contributed by atoms with E-state index in [0.717, 1.165) is 25.9 Å². The van der Waals surface area contributed by atoms with Crippen LogP contribution >= 0.6 is 0 Å². The van der Waals surface area contributed by atoms with Gasteiger partial charge in [-0.15, -0.1) is 0 Å². The second-order valence-corrected chi connectivity index (χ2v) is 4.09. The molecule has 0 aromatic heterocycles. The summed E-state index contributed by atoms with van der Waals surface area (Å²) in [4.78, 5) is 0. The van der Waals surface area contributed by atoms with E-state index in [0.29, 0.717) is 5.56 Å². The highest BCUT2D eigenvalue weighted by Gasteiger charge is 2.20. The summed E-state index contributed by atoms with van der Waals surface area (Å²) in [5.74, 6) is -0.0213. The third-order valence-electron chi connectivity index (χ3n) is 3.04. The van der Waals surface area contributed by atoms with Crippen LogP contribution in [0.5, 0.6) is 11.5 Å². The monoisotopic (exact) mass is 225 g/mol. The summed E-state index contributed by atoms with van der Waals surface area (Å²) in [5.41, 5.74) is 0.672. The SMILES string of the molecule is COc1cc(O)c(C2CCCNC2)cc1F. The summed E-state index contributed by atoms with van der Waals surface area (Å²) in [7, 11) is 1.39. The lowest BCUT2D eigenvalue weighted by molar-refractivity contribution is 0.374. The molecule has 1 heterocycles. The Morgan fingerprint density at radius 1 is 1.50 bits per heavy atom. The maximum atomic E-state index is 13.5. The third kappa shape index (κ3) is 2.11. The first kappa shape index (κ1) is 11.2. The molecule has 1 aromatic carbocycles. The van der Waals surface area contributed by atoms with E-state index in [1.54, 1.807) is 0 Å². The van der Waals surface area contributed by atoms with Gasteiger partial charge in [0.05, 0.1) is 7.11 Å². The molecule has 0 amide bonds. The fourth-order valence-electron chi connectivity index (χ4n) is 2.16. The van der Waals surface area contributed by atoms with Gasteiger partial charge in [-0.25, -0.2) is 4.39 Å². The second kappa shape index (κ2) is 4.70. The van der Waals surface area contributed by atoms with Gasteiger partial charge in [0.25, 0.3) is 0 Å². The first-order valence-corrected chi connectivity index (χ1v) is 5.49. The van der Waals surface area contributed by atoms with Crippen LogP contribution in [0.25, 0.3) is 0 Å². The summed E-state index contributed by atoms with van der Waals surface area (Å²) in [6, 6.07) is 2.73. The van der Waals surface area contributed by atoms with Crippen LogP contribution in [-0.2, 0) is 0 Å². The van der Waals surface area contributed by atoms with Crippen molar-refractivity contribution in [3.05, 3.63) is 23.5 Å². The molecule has 0 radical (unpaired) electrons. The van der Waals surface area contributed by atoms with Crippen LogP contribution in [0, 0.1) is 5.82 Å². The van der Waals surface area contributed by atoms with Gasteiger partial charge in [-0.3, -0.25) is 0 Å². The number of ether oxygens (including phenoxy) is 1. The highest BCUT2D eigenvalue weighted by molar-refractivity contribution is 5.43. The lowest BCUT2D eigenvalue weighted by Crippen LogP contribution is -2.28. The standard InChI is InChI=1S/C12H16FNO2/c1-16-12-6-11(15)9(5-10(12)13)8-3-2-4-14-7-8/h5-6,8,14-15H,2-4,7H2,1H3. The highest BCUT2D eigenvalue weighted by Crippen LogP contribution is 2.34. The number of piperidine rings is 1. The topological polar surface area (TPSA) is 41.5 Å². The van der Waals surface area contributed by atoms with Gasteiger partial charge in [-0.2, -0.15) is 0 Å². The average molecular weight is 225 g/mol. The molecule has 1 atom stereocenters. The van der Waals surface area contributed by atoms with Crippen molar-refractivity contribution in [2.24, 2.45) is 0 Å². The minimum absolute atomic E-state index is 0.0880. The van der Waals surface area contributed by atoms with E-state index < -0.39 is 5.82 Å². The molecule has 0 aliphatic carbocycles. The Morgan fingerprint density at radius 2 is 2.31 bits per heavy atom. The minimum atomic E-state index is -0.416. The molecule has 1 aliphatic heterocycles. The van der Waals surface area contributed by atoms with Crippen molar-refractivity contribution in [1.29, 1.82) is 0 Å². The Balaban J connectivity index is 2.29. The Bertz CT molecular complexity index is 376. The molecule has 1 fully saturated rings. The number of aromatic hydroxyl groups is 1. The van der Waals surface area contributed by atoms with Crippen molar-refractivity contribution < 1.29 is 14.2 Å². The number of benzene rings is 1. The molecule has 2 N–H and O–H groups in total. The van der Waals surface area contributed by atoms with Gasteiger partial charge in [0.2, 0.25) is 0 Å². The van der Waals surface area contributed by atoms with E-state index >= 15 is 0 Å². The summed E-state index contributed by atoms with van der Waals surface area (Å²) < 4.78 is 18.3. The first-order valence-electron chi connectivity index (χ1n) is 5.49. The summed E-state index contributed by atoms with van der Waals surface area (Å²) in [6.45, 7) is 1.79. The van der Waals surface area contributed by atoms with Crippen molar-refractivity contribution in [3.8, 4) is 11.5 Å². The minimum Gasteiger partial charge on any atom is -0.508 e. The molecule has 0 saturated carbocycles. The summed E-state index contributed by atoms with van der Waals surface area (Å²) >= 11 is 0. The molecule has 16 heavy (non-hydrogen) atoms. The first-order chi connectivity index (χ1) is 7.72. The van der Waals surface area contributed by atoms with E-state index in [2.05, 4.69) is 5.32 Å². The van der Waals surface area contributed by atoms with Crippen LogP contribution in [0.3, 0.4) is 0 Å². The lowest BCUT2D eigenvalue weighted by atomic mass is 9.91. The number of phenols is 1. The van der Waals surface area contributed by atoms with Crippen molar-refractivity contribution in [2.75, 3.05) is 20.2 Å². The van der Waals surface area contributed by atoms with Gasteiger partial charge in [0, 0.05) is 24.1 Å². The maximum absolute atomic E-state index is 13.5. The number of halogens is 1. The fraction of sp³-hybridized carbons (Fsp3) is 0.500. The molecule has 4 heteroatoms. The zero-order valence-electron chi connectivity index (χ0n) is 9.29. The molecule has 3 nitrogen and oxygen atoms in total. The fourth-order valence-corrected chi connectivity index (χ4v) is 2.16. The molecule has 0 spiro atoms. The van der Waals surface area contributed by atoms with E-state index in [4.69, 9.17) is 4.74 Å². The van der Waals surface area contributed by atoms with Gasteiger partial charge in [-0.05, 0) is 25.5 Å². The predicted molar refractivity (Wildman–Crippen MR) is 59.5 cm³/mol. The van der Waals surface area contributed by atoms with Gasteiger partial charge in [-0.1, -0.05) is 0 Å². The quantitative estimate of drug-likeness (QED) is 0.809. The van der Waals surface area contributed by atoms with E-state index in [-0.39, 0.29) is 17.4 Å². The second-order valence-electron chi connectivity index (χ2n) is 4.09. The molecule has 1 aliphatic rings. The van der Waals surface area contributed by atoms with Crippen molar-refractivity contribution in [2.45, 2.75) is 18.8 Å². The smallest absolute Gasteiger partial charge is 0.165 e. The van der Waals surface area contributed by atoms with Crippen LogP contribution in [-0.4, -0.2) is 25.3 Å². The average Bonchev–Trinajstić information content (AvgIpc) is 2.32. The van der Waals surface area contributed by atoms with Crippen LogP contribution in [0.2, 0.25) is 0 Å². The van der Waals surface area contributed by atoms with Crippen LogP contribution < -0.4 is 10.1 Å². The summed E-state index contributed by atoms with van der Waals surface area (Å²) in [6.07, 6.45) is 2.03. The molecule has 1 saturated heterocycles. The van der Waals surface area contributed by atoms with E-state index in [1.807, 2.05) is 0 Å². The van der Waals surface area contributed by atoms with Crippen LogP contribution in [0.1, 0.15) is 24.3 Å². The van der Waals surface area contributed by atoms with E-state index in [1.165, 1.54) is 19.2 Å². The normalized spacial score (nSPS) is 20.8. The van der Waals surface area contributed by atoms with Crippen molar-refractivity contribution in [1.82, 2.24) is 5.32 Å². The number of nitrogens with one attached hydrogen (secondary N) is 1. The van der Waals surface area contributed by atoms with Crippen LogP contribution in [0.4, 0.5) is 4.39 Å². The number of phenolic OH excluding ortho intramolecular Hbond substituents is 1. The molecule has 1 aromatic rings. The Morgan fingerprint density at radius 3 is 2.94 bits per heavy atom. The molecule has 0 bridgehead atoms. The zero-order valence-corrected chi connectivity index (χ0v) is 9.29. The highest BCUT2D eigenvalue weighted by atomic mass is 19.1. The molecule has 2 rings (SSSR count). The van der Waals surface area contributed by atoms with Crippen molar-refractivity contribution in [3.63, 3.8) is 0 Å². The molecule has 88 valence electrons. The van der Waals surface area contributed by atoms with Gasteiger partial charge < -0.3 is 15.2 Å². The van der Waals surface area contributed by atoms with Gasteiger partial charge in [0.1, 0.15) is 5.75 Å². The molecule has 1 unspecified atom stereocenters. The number of hydrogen-bond acceptors (Lipinski definition) is 3. The van der Waals surface area contributed by atoms with Gasteiger partial charge in [0.15, 0.2) is 11.6 Å². The number of hydrogen-bond donors (Lipinski definition) is 2. The third-order valence-corrected chi connectivity index (χ3v) is 3.04. The number of rotatable bonds is 2. The predicted octanol–water partition coefficient (Wildman–Crippen LogP) is 2.01. The van der Waals surface area contributed by atoms with Crippen LogP contribution in [0.15, 0.2) is 12.1 Å². The molecular formula is C12H16FNO2. The Hall–Kier alpha value is -1.29. The molecular weight excluding hydrogens is 209 g/mol. The van der Waals surface area contributed by atoms with Gasteiger partial charge >= 0.3 is 0 Å².